The van der Waals surface area contributed by atoms with E-state index in [4.69, 9.17) is 4.74 Å². The average molecular weight is 458 g/mol. The van der Waals surface area contributed by atoms with Crippen LogP contribution in [0, 0.1) is 0 Å². The summed E-state index contributed by atoms with van der Waals surface area (Å²) >= 11 is 1.42. The molecule has 0 saturated carbocycles. The molecule has 0 atom stereocenters. The van der Waals surface area contributed by atoms with Crippen molar-refractivity contribution < 1.29 is 9.53 Å². The zero-order chi connectivity index (χ0) is 22.9. The fourth-order valence-corrected chi connectivity index (χ4v) is 4.25. The lowest BCUT2D eigenvalue weighted by Gasteiger charge is -2.12. The van der Waals surface area contributed by atoms with Gasteiger partial charge >= 0.3 is 0 Å². The second-order valence-corrected chi connectivity index (χ2v) is 8.51. The molecule has 0 aliphatic heterocycles. The van der Waals surface area contributed by atoms with E-state index in [-0.39, 0.29) is 5.91 Å². The number of nitrogens with zero attached hydrogens (tertiary/aromatic N) is 1. The van der Waals surface area contributed by atoms with E-state index in [9.17, 15) is 4.79 Å². The Hall–Kier alpha value is -3.64. The number of hydrazine groups is 1. The van der Waals surface area contributed by atoms with Gasteiger partial charge in [0, 0.05) is 5.38 Å². The second kappa shape index (κ2) is 11.3. The van der Waals surface area contributed by atoms with E-state index in [1.54, 1.807) is 5.38 Å². The van der Waals surface area contributed by atoms with Crippen LogP contribution in [0.1, 0.15) is 41.4 Å². The summed E-state index contributed by atoms with van der Waals surface area (Å²) < 4.78 is 6.05. The molecule has 0 spiro atoms. The summed E-state index contributed by atoms with van der Waals surface area (Å²) in [6, 6.07) is 25.8. The number of amides is 1. The molecule has 3 aromatic carbocycles. The number of carbonyl (C=O) groups excluding carboxylic acids is 1. The van der Waals surface area contributed by atoms with Gasteiger partial charge in [-0.1, -0.05) is 74.0 Å². The van der Waals surface area contributed by atoms with Crippen molar-refractivity contribution in [3.8, 4) is 16.3 Å². The van der Waals surface area contributed by atoms with Gasteiger partial charge in [-0.15, -0.1) is 11.3 Å². The zero-order valence-corrected chi connectivity index (χ0v) is 19.4. The van der Waals surface area contributed by atoms with Gasteiger partial charge in [0.1, 0.15) is 23.1 Å². The molecule has 4 aromatic rings. The second-order valence-electron chi connectivity index (χ2n) is 7.65. The predicted octanol–water partition coefficient (Wildman–Crippen LogP) is 6.49. The summed E-state index contributed by atoms with van der Waals surface area (Å²) in [4.78, 5) is 17.3. The van der Waals surface area contributed by atoms with Crippen LogP contribution in [0.2, 0.25) is 0 Å². The van der Waals surface area contributed by atoms with E-state index in [1.807, 2.05) is 72.8 Å². The Balaban J connectivity index is 1.43. The summed E-state index contributed by atoms with van der Waals surface area (Å²) in [5.41, 5.74) is 10.3. The third kappa shape index (κ3) is 5.99. The van der Waals surface area contributed by atoms with Crippen LogP contribution < -0.4 is 15.6 Å². The van der Waals surface area contributed by atoms with Gasteiger partial charge in [-0.3, -0.25) is 15.6 Å². The molecule has 4 rings (SSSR count). The Kier molecular flexibility index (Phi) is 7.72. The molecule has 5 nitrogen and oxygen atoms in total. The van der Waals surface area contributed by atoms with E-state index in [2.05, 4.69) is 28.8 Å². The standard InChI is InChI=1S/C27H27N3O2S/c1-2-3-13-21-14-7-9-16-23(21)29-30-26(31)24-19-33-27(28-24)22-15-8-10-17-25(22)32-18-20-11-5-4-6-12-20/h4-12,14-17,19,29H,2-3,13,18H2,1H3,(H,30,31). The Morgan fingerprint density at radius 2 is 1.73 bits per heavy atom. The molecule has 6 heteroatoms. The van der Waals surface area contributed by atoms with Crippen molar-refractivity contribution in [3.05, 3.63) is 101 Å². The minimum absolute atomic E-state index is 0.273. The minimum atomic E-state index is -0.273. The highest BCUT2D eigenvalue weighted by Crippen LogP contribution is 2.32. The minimum Gasteiger partial charge on any atom is -0.488 e. The summed E-state index contributed by atoms with van der Waals surface area (Å²) in [6.45, 7) is 2.64. The number of anilines is 1. The maximum atomic E-state index is 12.7. The number of ether oxygens (including phenoxy) is 1. The topological polar surface area (TPSA) is 63.2 Å². The highest BCUT2D eigenvalue weighted by Gasteiger charge is 2.15. The Bertz CT molecular complexity index is 1190. The third-order valence-electron chi connectivity index (χ3n) is 5.22. The van der Waals surface area contributed by atoms with E-state index >= 15 is 0 Å². The summed E-state index contributed by atoms with van der Waals surface area (Å²) in [5, 5.41) is 2.51. The Labute approximate surface area is 198 Å². The van der Waals surface area contributed by atoms with Crippen LogP contribution in [0.4, 0.5) is 5.69 Å². The van der Waals surface area contributed by atoms with Gasteiger partial charge < -0.3 is 4.74 Å². The number of benzene rings is 3. The largest absolute Gasteiger partial charge is 0.488 e. The summed E-state index contributed by atoms with van der Waals surface area (Å²) in [6.07, 6.45) is 3.20. The lowest BCUT2D eigenvalue weighted by molar-refractivity contribution is 0.0958. The van der Waals surface area contributed by atoms with E-state index in [0.29, 0.717) is 12.3 Å². The lowest BCUT2D eigenvalue weighted by atomic mass is 10.1. The summed E-state index contributed by atoms with van der Waals surface area (Å²) in [7, 11) is 0. The first-order chi connectivity index (χ1) is 16.2. The molecular weight excluding hydrogens is 430 g/mol. The van der Waals surface area contributed by atoms with Gasteiger partial charge in [-0.2, -0.15) is 0 Å². The van der Waals surface area contributed by atoms with Crippen molar-refractivity contribution in [1.82, 2.24) is 10.4 Å². The van der Waals surface area contributed by atoms with Crippen molar-refractivity contribution >= 4 is 22.9 Å². The van der Waals surface area contributed by atoms with E-state index in [0.717, 1.165) is 46.8 Å². The Morgan fingerprint density at radius 1 is 0.970 bits per heavy atom. The Morgan fingerprint density at radius 3 is 2.58 bits per heavy atom. The molecule has 33 heavy (non-hydrogen) atoms. The molecule has 0 radical (unpaired) electrons. The molecule has 0 aliphatic carbocycles. The number of aryl methyl sites for hydroxylation is 1. The smallest absolute Gasteiger partial charge is 0.289 e. The van der Waals surface area contributed by atoms with Gasteiger partial charge in [-0.05, 0) is 42.2 Å². The van der Waals surface area contributed by atoms with E-state index in [1.165, 1.54) is 16.9 Å². The first-order valence-corrected chi connectivity index (χ1v) is 12.0. The van der Waals surface area contributed by atoms with Crippen molar-refractivity contribution in [2.75, 3.05) is 5.43 Å². The maximum Gasteiger partial charge on any atom is 0.289 e. The number of rotatable bonds is 10. The maximum absolute atomic E-state index is 12.7. The third-order valence-corrected chi connectivity index (χ3v) is 6.09. The first-order valence-electron chi connectivity index (χ1n) is 11.1. The SMILES string of the molecule is CCCCc1ccccc1NNC(=O)c1csc(-c2ccccc2OCc2ccccc2)n1. The number of carbonyl (C=O) groups is 1. The van der Waals surface area contributed by atoms with Crippen molar-refractivity contribution in [1.29, 1.82) is 0 Å². The summed E-state index contributed by atoms with van der Waals surface area (Å²) in [5.74, 6) is 0.469. The van der Waals surface area contributed by atoms with Crippen molar-refractivity contribution in [2.45, 2.75) is 32.8 Å². The van der Waals surface area contributed by atoms with Crippen LogP contribution >= 0.6 is 11.3 Å². The molecule has 2 N–H and O–H groups in total. The number of para-hydroxylation sites is 2. The molecule has 1 aromatic heterocycles. The van der Waals surface area contributed by atoms with Crippen LogP contribution in [0.25, 0.3) is 10.6 Å². The van der Waals surface area contributed by atoms with Crippen molar-refractivity contribution in [3.63, 3.8) is 0 Å². The zero-order valence-electron chi connectivity index (χ0n) is 18.6. The van der Waals surface area contributed by atoms with Crippen LogP contribution in [0.15, 0.2) is 84.2 Å². The number of hydrogen-bond acceptors (Lipinski definition) is 5. The molecule has 0 aliphatic rings. The van der Waals surface area contributed by atoms with Crippen LogP contribution in [0.3, 0.4) is 0 Å². The highest BCUT2D eigenvalue weighted by molar-refractivity contribution is 7.13. The predicted molar refractivity (Wildman–Crippen MR) is 134 cm³/mol. The fourth-order valence-electron chi connectivity index (χ4n) is 3.42. The normalized spacial score (nSPS) is 10.6. The van der Waals surface area contributed by atoms with Gasteiger partial charge in [0.25, 0.3) is 5.91 Å². The van der Waals surface area contributed by atoms with Crippen LogP contribution in [-0.2, 0) is 13.0 Å². The van der Waals surface area contributed by atoms with Gasteiger partial charge in [0.05, 0.1) is 11.3 Å². The first kappa shape index (κ1) is 22.6. The quantitative estimate of drug-likeness (QED) is 0.267. The van der Waals surface area contributed by atoms with Gasteiger partial charge in [0.15, 0.2) is 0 Å². The lowest BCUT2D eigenvalue weighted by Crippen LogP contribution is -2.30. The molecular formula is C27H27N3O2S. The number of aromatic nitrogens is 1. The highest BCUT2D eigenvalue weighted by atomic mass is 32.1. The molecule has 0 saturated heterocycles. The molecule has 0 unspecified atom stereocenters. The molecule has 1 amide bonds. The molecule has 0 bridgehead atoms. The number of thiazole rings is 1. The molecule has 168 valence electrons. The van der Waals surface area contributed by atoms with Gasteiger partial charge in [0.2, 0.25) is 0 Å². The fraction of sp³-hybridized carbons (Fsp3) is 0.185. The van der Waals surface area contributed by atoms with Gasteiger partial charge in [-0.25, -0.2) is 4.98 Å². The van der Waals surface area contributed by atoms with Crippen LogP contribution in [0.5, 0.6) is 5.75 Å². The van der Waals surface area contributed by atoms with Crippen molar-refractivity contribution in [2.24, 2.45) is 0 Å². The average Bonchev–Trinajstić information content (AvgIpc) is 3.36. The van der Waals surface area contributed by atoms with E-state index < -0.39 is 0 Å². The molecule has 0 fully saturated rings. The molecule has 1 heterocycles. The number of hydrogen-bond donors (Lipinski definition) is 2. The number of nitrogens with one attached hydrogen (secondary N) is 2. The number of unbranched alkanes of at least 4 members (excludes halogenated alkanes) is 1. The van der Waals surface area contributed by atoms with Crippen LogP contribution in [-0.4, -0.2) is 10.9 Å². The monoisotopic (exact) mass is 457 g/mol.